The van der Waals surface area contributed by atoms with Crippen LogP contribution in [0.25, 0.3) is 22.0 Å². The summed E-state index contributed by atoms with van der Waals surface area (Å²) in [5.74, 6) is -0.132. The second kappa shape index (κ2) is 10.2. The Kier molecular flexibility index (Phi) is 6.82. The molecule has 1 aliphatic rings. The molecule has 1 aliphatic heterocycles. The lowest BCUT2D eigenvalue weighted by Crippen LogP contribution is -2.31. The van der Waals surface area contributed by atoms with Gasteiger partial charge in [0.25, 0.3) is 5.91 Å². The number of aryl methyl sites for hydroxylation is 1. The summed E-state index contributed by atoms with van der Waals surface area (Å²) < 4.78 is 26.8. The highest BCUT2D eigenvalue weighted by molar-refractivity contribution is 7.89. The molecule has 1 aromatic heterocycles. The van der Waals surface area contributed by atoms with Gasteiger partial charge in [0.2, 0.25) is 10.0 Å². The molecular weight excluding hydrogens is 474 g/mol. The van der Waals surface area contributed by atoms with Crippen LogP contribution in [-0.2, 0) is 23.0 Å². The topological polar surface area (TPSA) is 99.6 Å². The Morgan fingerprint density at radius 2 is 1.78 bits per heavy atom. The van der Waals surface area contributed by atoms with Crippen molar-refractivity contribution in [1.29, 1.82) is 0 Å². The number of amides is 1. The van der Waals surface area contributed by atoms with Crippen molar-refractivity contribution >= 4 is 26.8 Å². The summed E-state index contributed by atoms with van der Waals surface area (Å²) in [4.78, 5) is 19.8. The van der Waals surface area contributed by atoms with Crippen molar-refractivity contribution < 1.29 is 18.3 Å². The molecule has 0 spiro atoms. The van der Waals surface area contributed by atoms with E-state index in [0.29, 0.717) is 18.7 Å². The number of carbonyl (C=O) groups excluding carboxylic acids is 1. The van der Waals surface area contributed by atoms with E-state index < -0.39 is 10.0 Å². The number of benzene rings is 3. The minimum atomic E-state index is -3.72. The Hall–Kier alpha value is -3.59. The van der Waals surface area contributed by atoms with Crippen LogP contribution in [0.3, 0.4) is 0 Å². The van der Waals surface area contributed by atoms with E-state index in [1.54, 1.807) is 12.1 Å². The quantitative estimate of drug-likeness (QED) is 0.419. The molecule has 184 valence electrons. The number of nitrogens with zero attached hydrogens (tertiary/aromatic N) is 2. The lowest BCUT2D eigenvalue weighted by molar-refractivity contribution is 0.0746. The van der Waals surface area contributed by atoms with Crippen LogP contribution < -0.4 is 4.72 Å². The van der Waals surface area contributed by atoms with Crippen molar-refractivity contribution in [3.63, 3.8) is 0 Å². The molecule has 4 aromatic rings. The molecule has 3 aromatic carbocycles. The number of carbonyl (C=O) groups is 1. The number of hydrogen-bond acceptors (Lipinski definition) is 5. The highest BCUT2D eigenvalue weighted by Crippen LogP contribution is 2.28. The van der Waals surface area contributed by atoms with Crippen molar-refractivity contribution in [1.82, 2.24) is 14.6 Å². The minimum absolute atomic E-state index is 0.0577. The molecule has 36 heavy (non-hydrogen) atoms. The predicted molar refractivity (Wildman–Crippen MR) is 139 cm³/mol. The smallest absolute Gasteiger partial charge is 0.254 e. The molecule has 2 N–H and O–H groups in total. The van der Waals surface area contributed by atoms with Crippen LogP contribution >= 0.6 is 0 Å². The molecule has 0 unspecified atom stereocenters. The van der Waals surface area contributed by atoms with E-state index in [-0.39, 0.29) is 24.0 Å². The number of fused-ring (bicyclic) bond motifs is 2. The number of para-hydroxylation sites is 1. The Morgan fingerprint density at radius 3 is 2.58 bits per heavy atom. The highest BCUT2D eigenvalue weighted by atomic mass is 32.2. The second-order valence-electron chi connectivity index (χ2n) is 8.88. The summed E-state index contributed by atoms with van der Waals surface area (Å²) in [7, 11) is -3.72. The van der Waals surface area contributed by atoms with Gasteiger partial charge in [-0.25, -0.2) is 13.1 Å². The van der Waals surface area contributed by atoms with Crippen molar-refractivity contribution in [2.24, 2.45) is 0 Å². The van der Waals surface area contributed by atoms with Gasteiger partial charge in [-0.05, 0) is 72.0 Å². The average Bonchev–Trinajstić information content (AvgIpc) is 3.13. The van der Waals surface area contributed by atoms with Crippen LogP contribution in [0, 0.1) is 0 Å². The van der Waals surface area contributed by atoms with Gasteiger partial charge in [-0.15, -0.1) is 0 Å². The van der Waals surface area contributed by atoms with Crippen molar-refractivity contribution in [2.45, 2.75) is 24.3 Å². The number of nitrogens with one attached hydrogen (secondary N) is 1. The van der Waals surface area contributed by atoms with Crippen molar-refractivity contribution in [3.05, 3.63) is 95.7 Å². The van der Waals surface area contributed by atoms with Crippen LogP contribution in [0.15, 0.2) is 83.9 Å². The van der Waals surface area contributed by atoms with E-state index in [1.165, 1.54) is 17.7 Å². The monoisotopic (exact) mass is 501 g/mol. The molecule has 0 saturated carbocycles. The molecule has 7 nitrogen and oxygen atoms in total. The first-order chi connectivity index (χ1) is 17.4. The van der Waals surface area contributed by atoms with Crippen LogP contribution in [-0.4, -0.2) is 49.0 Å². The first kappa shape index (κ1) is 24.1. The lowest BCUT2D eigenvalue weighted by Gasteiger charge is -2.21. The van der Waals surface area contributed by atoms with E-state index in [9.17, 15) is 13.2 Å². The zero-order chi connectivity index (χ0) is 25.1. The normalized spacial score (nSPS) is 13.9. The molecule has 0 fully saturated rings. The molecule has 1 amide bonds. The number of rotatable bonds is 6. The average molecular weight is 502 g/mol. The molecule has 8 heteroatoms. The van der Waals surface area contributed by atoms with E-state index >= 15 is 0 Å². The zero-order valence-corrected chi connectivity index (χ0v) is 20.5. The highest BCUT2D eigenvalue weighted by Gasteiger charge is 2.22. The Balaban J connectivity index is 1.38. The van der Waals surface area contributed by atoms with Gasteiger partial charge in [0, 0.05) is 42.3 Å². The van der Waals surface area contributed by atoms with E-state index in [4.69, 9.17) is 5.11 Å². The Labute approximate surface area is 210 Å². The van der Waals surface area contributed by atoms with Gasteiger partial charge in [0.05, 0.1) is 17.0 Å². The van der Waals surface area contributed by atoms with Gasteiger partial charge in [-0.3, -0.25) is 9.78 Å². The minimum Gasteiger partial charge on any atom is -0.395 e. The third kappa shape index (κ3) is 5.02. The summed E-state index contributed by atoms with van der Waals surface area (Å²) in [6, 6.07) is 22.5. The third-order valence-corrected chi connectivity index (χ3v) is 7.95. The van der Waals surface area contributed by atoms with Gasteiger partial charge >= 0.3 is 0 Å². The zero-order valence-electron chi connectivity index (χ0n) is 19.7. The molecule has 0 saturated heterocycles. The molecule has 0 bridgehead atoms. The fraction of sp³-hybridized carbons (Fsp3) is 0.214. The van der Waals surface area contributed by atoms with Crippen LogP contribution in [0.1, 0.15) is 27.9 Å². The maximum Gasteiger partial charge on any atom is 0.254 e. The number of sulfonamides is 1. The molecular formula is C28H27N3O4S. The second-order valence-corrected chi connectivity index (χ2v) is 10.6. The first-order valence-electron chi connectivity index (χ1n) is 11.9. The van der Waals surface area contributed by atoms with Crippen molar-refractivity contribution in [2.75, 3.05) is 19.7 Å². The van der Waals surface area contributed by atoms with Gasteiger partial charge in [0.15, 0.2) is 0 Å². The number of hydrogen-bond donors (Lipinski definition) is 2. The molecule has 0 atom stereocenters. The Morgan fingerprint density at radius 1 is 0.972 bits per heavy atom. The summed E-state index contributed by atoms with van der Waals surface area (Å²) in [6.45, 7) is 0.762. The van der Waals surface area contributed by atoms with E-state index in [2.05, 4.69) is 40.0 Å². The molecule has 5 rings (SSSR count). The van der Waals surface area contributed by atoms with Crippen LogP contribution in [0.4, 0.5) is 0 Å². The van der Waals surface area contributed by atoms with Gasteiger partial charge in [0.1, 0.15) is 0 Å². The summed E-state index contributed by atoms with van der Waals surface area (Å²) >= 11 is 0. The standard InChI is InChI=1S/C28H27N3O4S/c32-15-13-30-36(34,35)26-11-9-21(10-12-26)28(33)31-14-3-5-20-7-8-22(16-25(20)19-31)24-17-23-4-1-2-6-27(23)29-18-24/h1-2,4,6-12,16-18,30,32H,3,5,13-15,19H2. The van der Waals surface area contributed by atoms with Crippen LogP contribution in [0.2, 0.25) is 0 Å². The fourth-order valence-electron chi connectivity index (χ4n) is 4.57. The summed E-state index contributed by atoms with van der Waals surface area (Å²) in [6.07, 6.45) is 3.63. The third-order valence-electron chi connectivity index (χ3n) is 6.47. The van der Waals surface area contributed by atoms with Crippen LogP contribution in [0.5, 0.6) is 0 Å². The maximum absolute atomic E-state index is 13.3. The summed E-state index contributed by atoms with van der Waals surface area (Å²) in [5.41, 5.74) is 5.83. The number of aromatic nitrogens is 1. The van der Waals surface area contributed by atoms with Crippen molar-refractivity contribution in [3.8, 4) is 11.1 Å². The lowest BCUT2D eigenvalue weighted by atomic mass is 9.97. The fourth-order valence-corrected chi connectivity index (χ4v) is 5.59. The van der Waals surface area contributed by atoms with E-state index in [1.807, 2.05) is 29.3 Å². The maximum atomic E-state index is 13.3. The Bertz CT molecular complexity index is 1520. The number of aliphatic hydroxyl groups is 1. The van der Waals surface area contributed by atoms with Gasteiger partial charge < -0.3 is 10.0 Å². The molecule has 0 radical (unpaired) electrons. The first-order valence-corrected chi connectivity index (χ1v) is 13.4. The molecule has 0 aliphatic carbocycles. The largest absolute Gasteiger partial charge is 0.395 e. The SMILES string of the molecule is O=C(c1ccc(S(=O)(=O)NCCO)cc1)N1CCCc2ccc(-c3cnc4ccccc4c3)cc2C1. The molecule has 2 heterocycles. The number of aliphatic hydroxyl groups excluding tert-OH is 1. The predicted octanol–water partition coefficient (Wildman–Crippen LogP) is 3.76. The van der Waals surface area contributed by atoms with Gasteiger partial charge in [-0.2, -0.15) is 0 Å². The van der Waals surface area contributed by atoms with Gasteiger partial charge in [-0.1, -0.05) is 30.3 Å². The number of pyridine rings is 1. The van der Waals surface area contributed by atoms with E-state index in [0.717, 1.165) is 40.4 Å². The summed E-state index contributed by atoms with van der Waals surface area (Å²) in [5, 5.41) is 9.96.